The van der Waals surface area contributed by atoms with Gasteiger partial charge in [0.2, 0.25) is 0 Å². The summed E-state index contributed by atoms with van der Waals surface area (Å²) in [6.45, 7) is 9.59. The van der Waals surface area contributed by atoms with Crippen molar-refractivity contribution < 1.29 is 21.5 Å². The van der Waals surface area contributed by atoms with Crippen LogP contribution in [0.4, 0.5) is 0 Å². The molecular formula is C24H48Cl2N2O4. The lowest BCUT2D eigenvalue weighted by molar-refractivity contribution is 0.128. The van der Waals surface area contributed by atoms with Crippen LogP contribution in [0.2, 0.25) is 0 Å². The third-order valence-corrected chi connectivity index (χ3v) is 8.68. The van der Waals surface area contributed by atoms with Crippen LogP contribution in [-0.2, 0) is 0 Å². The molecule has 0 bridgehead atoms. The van der Waals surface area contributed by atoms with Gasteiger partial charge in [-0.1, -0.05) is 26.0 Å². The molecule has 1 aliphatic heterocycles. The molecule has 8 N–H and O–H groups in total. The molecule has 3 rings (SSSR count). The Bertz CT molecular complexity index is 518. The molecule has 0 aromatic rings. The highest BCUT2D eigenvalue weighted by molar-refractivity contribution is 6.21. The van der Waals surface area contributed by atoms with Gasteiger partial charge in [-0.2, -0.15) is 0 Å². The van der Waals surface area contributed by atoms with E-state index >= 15 is 0 Å². The summed E-state index contributed by atoms with van der Waals surface area (Å²) in [4.78, 5) is 2.68. The van der Waals surface area contributed by atoms with E-state index in [9.17, 15) is 5.11 Å². The van der Waals surface area contributed by atoms with Crippen LogP contribution >= 0.6 is 23.2 Å². The van der Waals surface area contributed by atoms with Crippen molar-refractivity contribution in [2.24, 2.45) is 29.6 Å². The maximum Gasteiger partial charge on any atom is 0.0516 e. The lowest BCUT2D eigenvalue weighted by Gasteiger charge is -2.39. The summed E-state index contributed by atoms with van der Waals surface area (Å²) < 4.78 is 0. The molecule has 8 heteroatoms. The average molecular weight is 500 g/mol. The van der Waals surface area contributed by atoms with Crippen LogP contribution in [0.1, 0.15) is 58.8 Å². The minimum atomic E-state index is 0. The molecule has 0 aromatic heterocycles. The molecule has 1 saturated heterocycles. The quantitative estimate of drug-likeness (QED) is 0.393. The van der Waals surface area contributed by atoms with Gasteiger partial charge in [0.05, 0.1) is 5.38 Å². The monoisotopic (exact) mass is 498 g/mol. The standard InChI is InChI=1S/C24H42Cl2N2O.3H2O/c1-17(2)24(27-14-18-3-8-23(26)21(13-18)16-29)15-28-11-9-20(10-12-28)19-4-6-22(25)7-5-19;;;/h4,6,17-24,27,29H,3,5,7-16H2,1-2H3;3*1H2/t18?,19?,21?,22?,23?,24-;;;/m0.../s1. The number of allylic oxidation sites excluding steroid dienone is 2. The average Bonchev–Trinajstić information content (AvgIpc) is 2.73. The van der Waals surface area contributed by atoms with Crippen LogP contribution in [0, 0.1) is 29.6 Å². The van der Waals surface area contributed by atoms with Gasteiger partial charge in [-0.05, 0) is 94.2 Å². The topological polar surface area (TPSA) is 130 Å². The third kappa shape index (κ3) is 9.38. The van der Waals surface area contributed by atoms with E-state index < -0.39 is 0 Å². The number of rotatable bonds is 8. The van der Waals surface area contributed by atoms with Crippen LogP contribution in [0.25, 0.3) is 0 Å². The van der Waals surface area contributed by atoms with Crippen LogP contribution in [0.3, 0.4) is 0 Å². The van der Waals surface area contributed by atoms with E-state index in [1.54, 1.807) is 0 Å². The van der Waals surface area contributed by atoms with E-state index in [-0.39, 0.29) is 39.7 Å². The molecule has 0 amide bonds. The summed E-state index contributed by atoms with van der Waals surface area (Å²) in [6, 6.07) is 0.541. The highest BCUT2D eigenvalue weighted by Crippen LogP contribution is 2.34. The third-order valence-electron chi connectivity index (χ3n) is 7.74. The van der Waals surface area contributed by atoms with Gasteiger partial charge in [-0.3, -0.25) is 0 Å². The Labute approximate surface area is 205 Å². The number of nitrogens with one attached hydrogen (secondary N) is 1. The fourth-order valence-corrected chi connectivity index (χ4v) is 6.09. The van der Waals surface area contributed by atoms with Gasteiger partial charge in [-0.25, -0.2) is 0 Å². The van der Waals surface area contributed by atoms with Crippen molar-refractivity contribution in [3.05, 3.63) is 12.2 Å². The normalized spacial score (nSPS) is 32.5. The zero-order valence-electron chi connectivity index (χ0n) is 19.9. The summed E-state index contributed by atoms with van der Waals surface area (Å²) in [5.74, 6) is 3.16. The van der Waals surface area contributed by atoms with E-state index in [1.165, 1.54) is 38.8 Å². The molecule has 32 heavy (non-hydrogen) atoms. The molecule has 6 atom stereocenters. The van der Waals surface area contributed by atoms with Gasteiger partial charge in [0, 0.05) is 24.6 Å². The van der Waals surface area contributed by atoms with Gasteiger partial charge in [0.15, 0.2) is 0 Å². The summed E-state index contributed by atoms with van der Waals surface area (Å²) >= 11 is 12.6. The van der Waals surface area contributed by atoms with Crippen molar-refractivity contribution in [2.45, 2.75) is 75.6 Å². The molecule has 3 aliphatic rings. The molecule has 6 nitrogen and oxygen atoms in total. The van der Waals surface area contributed by atoms with Crippen molar-refractivity contribution in [1.82, 2.24) is 10.2 Å². The molecule has 0 radical (unpaired) electrons. The Hall–Kier alpha value is 0.0800. The summed E-state index contributed by atoms with van der Waals surface area (Å²) in [7, 11) is 0. The fourth-order valence-electron chi connectivity index (χ4n) is 5.57. The molecule has 1 heterocycles. The number of alkyl halides is 2. The van der Waals surface area contributed by atoms with Crippen LogP contribution < -0.4 is 5.32 Å². The molecule has 0 spiro atoms. The van der Waals surface area contributed by atoms with Gasteiger partial charge in [0.25, 0.3) is 0 Å². The molecular weight excluding hydrogens is 451 g/mol. The molecule has 2 fully saturated rings. The highest BCUT2D eigenvalue weighted by Gasteiger charge is 2.31. The Morgan fingerprint density at radius 2 is 1.66 bits per heavy atom. The number of hydrogen-bond donors (Lipinski definition) is 2. The minimum Gasteiger partial charge on any atom is -0.412 e. The number of aliphatic hydroxyl groups excluding tert-OH is 1. The zero-order chi connectivity index (χ0) is 20.8. The van der Waals surface area contributed by atoms with Crippen molar-refractivity contribution >= 4 is 23.2 Å². The summed E-state index contributed by atoms with van der Waals surface area (Å²) in [6.07, 6.45) is 13.0. The molecule has 1 saturated carbocycles. The van der Waals surface area contributed by atoms with Crippen LogP contribution in [0.15, 0.2) is 12.2 Å². The van der Waals surface area contributed by atoms with E-state index in [0.29, 0.717) is 17.9 Å². The Kier molecular flexibility index (Phi) is 15.9. The second-order valence-corrected chi connectivity index (χ2v) is 11.3. The van der Waals surface area contributed by atoms with Gasteiger partial charge >= 0.3 is 0 Å². The minimum absolute atomic E-state index is 0. The van der Waals surface area contributed by atoms with Gasteiger partial charge < -0.3 is 31.8 Å². The van der Waals surface area contributed by atoms with E-state index in [0.717, 1.165) is 44.2 Å². The number of hydrogen-bond acceptors (Lipinski definition) is 3. The second-order valence-electron chi connectivity index (χ2n) is 10.2. The predicted molar refractivity (Wildman–Crippen MR) is 136 cm³/mol. The predicted octanol–water partition coefficient (Wildman–Crippen LogP) is 2.43. The zero-order valence-corrected chi connectivity index (χ0v) is 21.4. The first-order valence-electron chi connectivity index (χ1n) is 12.0. The molecule has 2 aliphatic carbocycles. The van der Waals surface area contributed by atoms with Crippen molar-refractivity contribution in [3.8, 4) is 0 Å². The number of piperidine rings is 1. The molecule has 0 aromatic carbocycles. The molecule has 5 unspecified atom stereocenters. The number of nitrogens with zero attached hydrogens (tertiary/aromatic N) is 1. The SMILES string of the molecule is CC(C)[C@H](CN1CCC(C2C=CC(Cl)CC2)CC1)NCC1CCC(Cl)C(CO)C1.O.O.O. The Balaban J connectivity index is 0.00000320. The lowest BCUT2D eigenvalue weighted by Crippen LogP contribution is -2.48. The first-order valence-corrected chi connectivity index (χ1v) is 12.9. The smallest absolute Gasteiger partial charge is 0.0516 e. The lowest BCUT2D eigenvalue weighted by atomic mass is 9.79. The second kappa shape index (κ2) is 15.9. The summed E-state index contributed by atoms with van der Waals surface area (Å²) in [5, 5.41) is 13.9. The summed E-state index contributed by atoms with van der Waals surface area (Å²) in [5.41, 5.74) is 0. The maximum atomic E-state index is 9.57. The van der Waals surface area contributed by atoms with Crippen LogP contribution in [0.5, 0.6) is 0 Å². The van der Waals surface area contributed by atoms with E-state index in [2.05, 4.69) is 36.2 Å². The van der Waals surface area contributed by atoms with Crippen molar-refractivity contribution in [2.75, 3.05) is 32.8 Å². The highest BCUT2D eigenvalue weighted by atomic mass is 35.5. The first kappa shape index (κ1) is 32.1. The Morgan fingerprint density at radius 3 is 2.22 bits per heavy atom. The van der Waals surface area contributed by atoms with Gasteiger partial charge in [0.1, 0.15) is 0 Å². The van der Waals surface area contributed by atoms with Gasteiger partial charge in [-0.15, -0.1) is 23.2 Å². The van der Waals surface area contributed by atoms with E-state index in [1.807, 2.05) is 0 Å². The maximum absolute atomic E-state index is 9.57. The number of likely N-dealkylation sites (tertiary alicyclic amines) is 1. The molecule has 192 valence electrons. The largest absolute Gasteiger partial charge is 0.412 e. The fraction of sp³-hybridized carbons (Fsp3) is 0.917. The van der Waals surface area contributed by atoms with Crippen molar-refractivity contribution in [1.29, 1.82) is 0 Å². The first-order chi connectivity index (χ1) is 14.0. The number of aliphatic hydroxyl groups is 1. The van der Waals surface area contributed by atoms with E-state index in [4.69, 9.17) is 23.2 Å². The Morgan fingerprint density at radius 1 is 0.969 bits per heavy atom. The van der Waals surface area contributed by atoms with Crippen LogP contribution in [-0.4, -0.2) is 76.0 Å². The number of halogens is 2. The van der Waals surface area contributed by atoms with Crippen molar-refractivity contribution in [3.63, 3.8) is 0 Å².